The Morgan fingerprint density at radius 1 is 1.10 bits per heavy atom. The summed E-state index contributed by atoms with van der Waals surface area (Å²) in [5.41, 5.74) is 8.59. The Bertz CT molecular complexity index is 837. The predicted molar refractivity (Wildman–Crippen MR) is 81.6 cm³/mol. The third-order valence-electron chi connectivity index (χ3n) is 3.17. The summed E-state index contributed by atoms with van der Waals surface area (Å²) in [7, 11) is 0. The molecule has 0 radical (unpaired) electrons. The number of anilines is 1. The van der Waals surface area contributed by atoms with Crippen molar-refractivity contribution in [3.05, 3.63) is 65.9 Å². The molecule has 0 saturated carbocycles. The fourth-order valence-corrected chi connectivity index (χ4v) is 2.09. The number of pyridine rings is 1. The number of nitriles is 1. The second-order valence-electron chi connectivity index (χ2n) is 4.65. The van der Waals surface area contributed by atoms with Gasteiger partial charge in [0.05, 0.1) is 28.5 Å². The molecule has 3 aromatic rings. The highest BCUT2D eigenvalue weighted by Crippen LogP contribution is 2.23. The normalized spacial score (nSPS) is 10.2. The average Bonchev–Trinajstić information content (AvgIpc) is 2.53. The molecule has 2 aromatic carbocycles. The van der Waals surface area contributed by atoms with E-state index in [-0.39, 0.29) is 0 Å². The summed E-state index contributed by atoms with van der Waals surface area (Å²) in [5, 5.41) is 9.90. The van der Waals surface area contributed by atoms with Crippen molar-refractivity contribution in [1.29, 1.82) is 5.26 Å². The van der Waals surface area contributed by atoms with Crippen molar-refractivity contribution in [1.82, 2.24) is 4.98 Å². The monoisotopic (exact) mass is 275 g/mol. The first-order valence-corrected chi connectivity index (χ1v) is 6.53. The third-order valence-corrected chi connectivity index (χ3v) is 3.17. The molecule has 2 N–H and O–H groups in total. The molecule has 4 heteroatoms. The lowest BCUT2D eigenvalue weighted by Gasteiger charge is -2.09. The standard InChI is InChI=1S/C17H13N3O/c18-10-12-5-8-17(15(19)9-12)21-11-14-7-6-13-3-1-2-4-16(13)20-14/h1-9H,11,19H2. The summed E-state index contributed by atoms with van der Waals surface area (Å²) < 4.78 is 5.67. The van der Waals surface area contributed by atoms with Gasteiger partial charge >= 0.3 is 0 Å². The lowest BCUT2D eigenvalue weighted by atomic mass is 10.2. The zero-order valence-electron chi connectivity index (χ0n) is 11.3. The van der Waals surface area contributed by atoms with Crippen LogP contribution in [-0.2, 0) is 6.61 Å². The number of rotatable bonds is 3. The Balaban J connectivity index is 1.78. The van der Waals surface area contributed by atoms with Crippen LogP contribution in [0.3, 0.4) is 0 Å². The molecule has 0 aliphatic heterocycles. The van der Waals surface area contributed by atoms with Gasteiger partial charge in [-0.15, -0.1) is 0 Å². The van der Waals surface area contributed by atoms with Gasteiger partial charge in [-0.2, -0.15) is 5.26 Å². The number of hydrogen-bond acceptors (Lipinski definition) is 4. The Morgan fingerprint density at radius 3 is 2.76 bits per heavy atom. The number of nitrogens with two attached hydrogens (primary N) is 1. The van der Waals surface area contributed by atoms with Crippen LogP contribution in [0.5, 0.6) is 5.75 Å². The zero-order chi connectivity index (χ0) is 14.7. The minimum Gasteiger partial charge on any atom is -0.485 e. The molecule has 0 bridgehead atoms. The molecule has 1 aromatic heterocycles. The highest BCUT2D eigenvalue weighted by Gasteiger charge is 2.04. The van der Waals surface area contributed by atoms with E-state index in [1.165, 1.54) is 0 Å². The van der Waals surface area contributed by atoms with E-state index in [1.54, 1.807) is 18.2 Å². The highest BCUT2D eigenvalue weighted by molar-refractivity contribution is 5.78. The van der Waals surface area contributed by atoms with Gasteiger partial charge < -0.3 is 10.5 Å². The summed E-state index contributed by atoms with van der Waals surface area (Å²) in [4.78, 5) is 4.54. The molecule has 4 nitrogen and oxygen atoms in total. The van der Waals surface area contributed by atoms with Gasteiger partial charge in [0.15, 0.2) is 0 Å². The fraction of sp³-hybridized carbons (Fsp3) is 0.0588. The van der Waals surface area contributed by atoms with E-state index in [4.69, 9.17) is 15.7 Å². The van der Waals surface area contributed by atoms with Gasteiger partial charge in [-0.25, -0.2) is 4.98 Å². The first-order valence-electron chi connectivity index (χ1n) is 6.53. The van der Waals surface area contributed by atoms with Crippen LogP contribution in [-0.4, -0.2) is 4.98 Å². The number of fused-ring (bicyclic) bond motifs is 1. The lowest BCUT2D eigenvalue weighted by Crippen LogP contribution is -2.01. The Hall–Kier alpha value is -3.06. The number of aromatic nitrogens is 1. The van der Waals surface area contributed by atoms with Crippen LogP contribution in [0.4, 0.5) is 5.69 Å². The smallest absolute Gasteiger partial charge is 0.142 e. The summed E-state index contributed by atoms with van der Waals surface area (Å²) in [6.45, 7) is 0.334. The average molecular weight is 275 g/mol. The number of nitrogen functional groups attached to an aromatic ring is 1. The van der Waals surface area contributed by atoms with Crippen LogP contribution in [0.15, 0.2) is 54.6 Å². The summed E-state index contributed by atoms with van der Waals surface area (Å²) in [6.07, 6.45) is 0. The first-order chi connectivity index (χ1) is 10.3. The molecule has 0 aliphatic rings. The van der Waals surface area contributed by atoms with Crippen LogP contribution >= 0.6 is 0 Å². The number of ether oxygens (including phenoxy) is 1. The van der Waals surface area contributed by atoms with E-state index in [0.717, 1.165) is 16.6 Å². The van der Waals surface area contributed by atoms with E-state index < -0.39 is 0 Å². The highest BCUT2D eigenvalue weighted by atomic mass is 16.5. The SMILES string of the molecule is N#Cc1ccc(OCc2ccc3ccccc3n2)c(N)c1. The van der Waals surface area contributed by atoms with Gasteiger partial charge in [0, 0.05) is 5.39 Å². The maximum absolute atomic E-state index is 8.81. The van der Waals surface area contributed by atoms with Crippen molar-refractivity contribution >= 4 is 16.6 Å². The number of hydrogen-bond donors (Lipinski definition) is 1. The maximum atomic E-state index is 8.81. The lowest BCUT2D eigenvalue weighted by molar-refractivity contribution is 0.303. The topological polar surface area (TPSA) is 71.9 Å². The molecule has 0 amide bonds. The second kappa shape index (κ2) is 5.51. The molecular weight excluding hydrogens is 262 g/mol. The van der Waals surface area contributed by atoms with Crippen molar-refractivity contribution < 1.29 is 4.74 Å². The molecule has 0 saturated heterocycles. The van der Waals surface area contributed by atoms with E-state index in [1.807, 2.05) is 42.5 Å². The second-order valence-corrected chi connectivity index (χ2v) is 4.65. The van der Waals surface area contributed by atoms with Gasteiger partial charge in [0.1, 0.15) is 12.4 Å². The van der Waals surface area contributed by atoms with Crippen LogP contribution in [0.25, 0.3) is 10.9 Å². The molecule has 0 aliphatic carbocycles. The van der Waals surface area contributed by atoms with E-state index in [2.05, 4.69) is 4.98 Å². The molecular formula is C17H13N3O. The largest absolute Gasteiger partial charge is 0.485 e. The van der Waals surface area contributed by atoms with Crippen molar-refractivity contribution in [2.45, 2.75) is 6.61 Å². The molecule has 0 unspecified atom stereocenters. The van der Waals surface area contributed by atoms with Gasteiger partial charge in [-0.1, -0.05) is 24.3 Å². The van der Waals surface area contributed by atoms with Crippen molar-refractivity contribution in [3.8, 4) is 11.8 Å². The number of benzene rings is 2. The molecule has 102 valence electrons. The van der Waals surface area contributed by atoms with E-state index in [0.29, 0.717) is 23.6 Å². The van der Waals surface area contributed by atoms with Crippen LogP contribution in [0.1, 0.15) is 11.3 Å². The minimum atomic E-state index is 0.334. The van der Waals surface area contributed by atoms with Crippen LogP contribution < -0.4 is 10.5 Å². The third kappa shape index (κ3) is 2.77. The predicted octanol–water partition coefficient (Wildman–Crippen LogP) is 3.27. The number of nitrogens with zero attached hydrogens (tertiary/aromatic N) is 2. The summed E-state index contributed by atoms with van der Waals surface area (Å²) in [6, 6.07) is 18.9. The van der Waals surface area contributed by atoms with Gasteiger partial charge in [-0.3, -0.25) is 0 Å². The van der Waals surface area contributed by atoms with Crippen molar-refractivity contribution in [2.24, 2.45) is 0 Å². The van der Waals surface area contributed by atoms with Crippen LogP contribution in [0, 0.1) is 11.3 Å². The van der Waals surface area contributed by atoms with E-state index in [9.17, 15) is 0 Å². The fourth-order valence-electron chi connectivity index (χ4n) is 2.09. The van der Waals surface area contributed by atoms with E-state index >= 15 is 0 Å². The Morgan fingerprint density at radius 2 is 1.95 bits per heavy atom. The molecule has 1 heterocycles. The molecule has 21 heavy (non-hydrogen) atoms. The van der Waals surface area contributed by atoms with Gasteiger partial charge in [-0.05, 0) is 30.3 Å². The van der Waals surface area contributed by atoms with Crippen molar-refractivity contribution in [2.75, 3.05) is 5.73 Å². The quantitative estimate of drug-likeness (QED) is 0.745. The first kappa shape index (κ1) is 12.9. The number of para-hydroxylation sites is 1. The molecule has 0 spiro atoms. The molecule has 0 fully saturated rings. The van der Waals surface area contributed by atoms with Gasteiger partial charge in [0.2, 0.25) is 0 Å². The zero-order valence-corrected chi connectivity index (χ0v) is 11.3. The minimum absolute atomic E-state index is 0.334. The van der Waals surface area contributed by atoms with Crippen LogP contribution in [0.2, 0.25) is 0 Å². The Labute approximate surface area is 122 Å². The molecule has 3 rings (SSSR count). The molecule has 0 atom stereocenters. The maximum Gasteiger partial charge on any atom is 0.142 e. The summed E-state index contributed by atoms with van der Waals surface area (Å²) >= 11 is 0. The van der Waals surface area contributed by atoms with Crippen molar-refractivity contribution in [3.63, 3.8) is 0 Å². The Kier molecular flexibility index (Phi) is 3.40. The van der Waals surface area contributed by atoms with Gasteiger partial charge in [0.25, 0.3) is 0 Å². The summed E-state index contributed by atoms with van der Waals surface area (Å²) in [5.74, 6) is 0.559.